The number of nitrogens with zero attached hydrogens (tertiary/aromatic N) is 4. The molecule has 30 heavy (non-hydrogen) atoms. The van der Waals surface area contributed by atoms with Crippen LogP contribution in [0.3, 0.4) is 0 Å². The number of hydrogen-bond acceptors (Lipinski definition) is 8. The van der Waals surface area contributed by atoms with Crippen LogP contribution < -0.4 is 0 Å². The second kappa shape index (κ2) is 8.55. The molecular formula is C20H26N4O3S3. The topological polar surface area (TPSA) is 79.5 Å². The van der Waals surface area contributed by atoms with E-state index in [0.29, 0.717) is 30.1 Å². The highest BCUT2D eigenvalue weighted by Crippen LogP contribution is 2.42. The molecule has 0 atom stereocenters. The summed E-state index contributed by atoms with van der Waals surface area (Å²) >= 11 is 4.53. The summed E-state index contributed by atoms with van der Waals surface area (Å²) in [6.07, 6.45) is 6.78. The first kappa shape index (κ1) is 21.7. The van der Waals surface area contributed by atoms with Gasteiger partial charge < -0.3 is 14.3 Å². The van der Waals surface area contributed by atoms with Crippen molar-refractivity contribution in [3.05, 3.63) is 22.6 Å². The molecule has 2 fully saturated rings. The Balaban J connectivity index is 1.42. The van der Waals surface area contributed by atoms with E-state index in [4.69, 9.17) is 4.52 Å². The van der Waals surface area contributed by atoms with Gasteiger partial charge in [-0.2, -0.15) is 4.37 Å². The lowest BCUT2D eigenvalue weighted by Crippen LogP contribution is -2.45. The molecule has 0 N–H and O–H groups in total. The number of aryl methyl sites for hydroxylation is 2. The molecule has 2 aromatic heterocycles. The maximum atomic E-state index is 13.3. The van der Waals surface area contributed by atoms with Crippen LogP contribution >= 0.6 is 35.1 Å². The molecule has 2 amide bonds. The van der Waals surface area contributed by atoms with E-state index in [9.17, 15) is 9.59 Å². The van der Waals surface area contributed by atoms with Crippen molar-refractivity contribution in [3.8, 4) is 0 Å². The predicted octanol–water partition coefficient (Wildman–Crippen LogP) is 3.96. The number of carbonyl (C=O) groups excluding carboxylic acids is 2. The Hall–Kier alpha value is -1.52. The monoisotopic (exact) mass is 466 g/mol. The van der Waals surface area contributed by atoms with E-state index >= 15 is 0 Å². The molecular weight excluding hydrogens is 440 g/mol. The van der Waals surface area contributed by atoms with Crippen LogP contribution in [0, 0.1) is 19.3 Å². The summed E-state index contributed by atoms with van der Waals surface area (Å²) in [6.45, 7) is 6.53. The number of hydrogen-bond donors (Lipinski definition) is 0. The van der Waals surface area contributed by atoms with Crippen molar-refractivity contribution >= 4 is 46.9 Å². The minimum absolute atomic E-state index is 0.00519. The number of rotatable bonds is 4. The molecule has 0 radical (unpaired) electrons. The van der Waals surface area contributed by atoms with E-state index in [-0.39, 0.29) is 17.2 Å². The van der Waals surface area contributed by atoms with Crippen LogP contribution in [0.2, 0.25) is 0 Å². The van der Waals surface area contributed by atoms with Crippen LogP contribution in [-0.2, 0) is 0 Å². The van der Waals surface area contributed by atoms with Crippen LogP contribution in [0.25, 0.3) is 0 Å². The van der Waals surface area contributed by atoms with Crippen molar-refractivity contribution in [2.75, 3.05) is 38.7 Å². The molecule has 0 aromatic carbocycles. The van der Waals surface area contributed by atoms with Gasteiger partial charge in [-0.1, -0.05) is 5.16 Å². The van der Waals surface area contributed by atoms with Gasteiger partial charge in [-0.3, -0.25) is 9.59 Å². The van der Waals surface area contributed by atoms with Crippen molar-refractivity contribution in [1.29, 1.82) is 0 Å². The van der Waals surface area contributed by atoms with E-state index in [1.165, 1.54) is 23.3 Å². The Morgan fingerprint density at radius 2 is 1.63 bits per heavy atom. The van der Waals surface area contributed by atoms with Crippen LogP contribution in [0.1, 0.15) is 51.4 Å². The second-order valence-electron chi connectivity index (χ2n) is 8.03. The molecule has 2 saturated heterocycles. The Labute approximate surface area is 189 Å². The molecule has 4 rings (SSSR count). The quantitative estimate of drug-likeness (QED) is 0.631. The highest BCUT2D eigenvalue weighted by molar-refractivity contribution is 8.01. The van der Waals surface area contributed by atoms with Crippen LogP contribution in [0.15, 0.2) is 13.8 Å². The number of aromatic nitrogens is 2. The summed E-state index contributed by atoms with van der Waals surface area (Å²) in [5.41, 5.74) is 2.11. The zero-order valence-electron chi connectivity index (χ0n) is 17.7. The van der Waals surface area contributed by atoms with Crippen molar-refractivity contribution in [2.45, 2.75) is 42.3 Å². The molecule has 2 aliphatic heterocycles. The lowest BCUT2D eigenvalue weighted by Gasteiger charge is -2.39. The van der Waals surface area contributed by atoms with Gasteiger partial charge in [0.2, 0.25) is 0 Å². The lowest BCUT2D eigenvalue weighted by atomic mass is 9.77. The van der Waals surface area contributed by atoms with E-state index in [1.807, 2.05) is 22.3 Å². The summed E-state index contributed by atoms with van der Waals surface area (Å²) < 4.78 is 10.6. The molecule has 0 unspecified atom stereocenters. The summed E-state index contributed by atoms with van der Waals surface area (Å²) in [6, 6.07) is 0. The van der Waals surface area contributed by atoms with Gasteiger partial charge in [-0.05, 0) is 62.6 Å². The van der Waals surface area contributed by atoms with Gasteiger partial charge in [0.05, 0.1) is 15.5 Å². The van der Waals surface area contributed by atoms with Crippen LogP contribution in [0.4, 0.5) is 0 Å². The molecule has 7 nitrogen and oxygen atoms in total. The van der Waals surface area contributed by atoms with E-state index in [2.05, 4.69) is 9.53 Å². The fourth-order valence-corrected chi connectivity index (χ4v) is 6.79. The minimum Gasteiger partial charge on any atom is -0.361 e. The van der Waals surface area contributed by atoms with Gasteiger partial charge in [0.15, 0.2) is 0 Å². The number of likely N-dealkylation sites (tertiary alicyclic amines) is 2. The summed E-state index contributed by atoms with van der Waals surface area (Å²) in [5.74, 6) is 0.683. The van der Waals surface area contributed by atoms with E-state index in [1.54, 1.807) is 25.6 Å². The first-order valence-electron chi connectivity index (χ1n) is 9.98. The standard InChI is InChI=1S/C20H26N4O3S3/c1-12-14(13(2)27-21-12)17(25)23-8-5-20(6-9-23)7-10-24(11-20)18(26)15-16(28-3)22-30-19(15)29-4/h5-11H2,1-4H3. The Morgan fingerprint density at radius 1 is 1.00 bits per heavy atom. The summed E-state index contributed by atoms with van der Waals surface area (Å²) in [7, 11) is 0. The molecule has 1 spiro atoms. The number of amides is 2. The smallest absolute Gasteiger partial charge is 0.259 e. The van der Waals surface area contributed by atoms with Gasteiger partial charge in [-0.15, -0.1) is 23.5 Å². The molecule has 2 aromatic rings. The average molecular weight is 467 g/mol. The SMILES string of the molecule is CSc1nsc(SC)c1C(=O)N1CCC2(CCN(C(=O)c3c(C)noc3C)CC2)C1. The third kappa shape index (κ3) is 3.78. The van der Waals surface area contributed by atoms with Gasteiger partial charge in [-0.25, -0.2) is 0 Å². The van der Waals surface area contributed by atoms with E-state index < -0.39 is 0 Å². The normalized spacial score (nSPS) is 18.4. The highest BCUT2D eigenvalue weighted by atomic mass is 32.2. The van der Waals surface area contributed by atoms with Crippen molar-refractivity contribution in [1.82, 2.24) is 19.3 Å². The van der Waals surface area contributed by atoms with Crippen molar-refractivity contribution in [2.24, 2.45) is 5.41 Å². The molecule has 4 heterocycles. The molecule has 162 valence electrons. The Kier molecular flexibility index (Phi) is 6.18. The maximum Gasteiger partial charge on any atom is 0.259 e. The number of carbonyl (C=O) groups is 2. The van der Waals surface area contributed by atoms with Crippen LogP contribution in [-0.4, -0.2) is 69.8 Å². The molecule has 0 bridgehead atoms. The minimum atomic E-state index is 0.00519. The molecule has 10 heteroatoms. The van der Waals surface area contributed by atoms with E-state index in [0.717, 1.165) is 47.2 Å². The van der Waals surface area contributed by atoms with Crippen LogP contribution in [0.5, 0.6) is 0 Å². The molecule has 0 aliphatic carbocycles. The molecule has 2 aliphatic rings. The zero-order chi connectivity index (χ0) is 21.5. The fourth-order valence-electron chi connectivity index (χ4n) is 4.52. The second-order valence-corrected chi connectivity index (χ2v) is 10.7. The fraction of sp³-hybridized carbons (Fsp3) is 0.600. The maximum absolute atomic E-state index is 13.3. The predicted molar refractivity (Wildman–Crippen MR) is 120 cm³/mol. The Morgan fingerprint density at radius 3 is 2.20 bits per heavy atom. The first-order chi connectivity index (χ1) is 14.4. The largest absolute Gasteiger partial charge is 0.361 e. The summed E-state index contributed by atoms with van der Waals surface area (Å²) in [5, 5.41) is 4.74. The van der Waals surface area contributed by atoms with Crippen molar-refractivity contribution in [3.63, 3.8) is 0 Å². The number of thioether (sulfide) groups is 2. The number of piperidine rings is 1. The highest BCUT2D eigenvalue weighted by Gasteiger charge is 2.44. The van der Waals surface area contributed by atoms with Gasteiger partial charge in [0.1, 0.15) is 16.3 Å². The third-order valence-electron chi connectivity index (χ3n) is 6.31. The average Bonchev–Trinajstić information content (AvgIpc) is 3.45. The molecule has 0 saturated carbocycles. The van der Waals surface area contributed by atoms with Gasteiger partial charge in [0.25, 0.3) is 11.8 Å². The zero-order valence-corrected chi connectivity index (χ0v) is 20.1. The Bertz CT molecular complexity index is 922. The summed E-state index contributed by atoms with van der Waals surface area (Å²) in [4.78, 5) is 30.1. The first-order valence-corrected chi connectivity index (χ1v) is 13.2. The van der Waals surface area contributed by atoms with Gasteiger partial charge >= 0.3 is 0 Å². The van der Waals surface area contributed by atoms with Crippen molar-refractivity contribution < 1.29 is 14.1 Å². The lowest BCUT2D eigenvalue weighted by molar-refractivity contribution is 0.0562. The van der Waals surface area contributed by atoms with Gasteiger partial charge in [0, 0.05) is 26.2 Å². The third-order valence-corrected chi connectivity index (χ3v) is 9.05.